The lowest BCUT2D eigenvalue weighted by Crippen LogP contribution is -2.52. The molecule has 154 valence electrons. The molecule has 0 radical (unpaired) electrons. The van der Waals surface area contributed by atoms with Crippen LogP contribution in [0.25, 0.3) is 0 Å². The Labute approximate surface area is 176 Å². The van der Waals surface area contributed by atoms with Gasteiger partial charge in [0.25, 0.3) is 0 Å². The molecular formula is C23H28N2O3S. The fourth-order valence-electron chi connectivity index (χ4n) is 4.46. The average molecular weight is 413 g/mol. The van der Waals surface area contributed by atoms with Crippen LogP contribution in [-0.2, 0) is 16.0 Å². The van der Waals surface area contributed by atoms with Crippen molar-refractivity contribution in [2.75, 3.05) is 27.2 Å². The van der Waals surface area contributed by atoms with Gasteiger partial charge in [0.15, 0.2) is 0 Å². The molecule has 1 saturated heterocycles. The Balaban J connectivity index is 1.46. The van der Waals surface area contributed by atoms with E-state index in [1.807, 2.05) is 40.6 Å². The van der Waals surface area contributed by atoms with Gasteiger partial charge in [0.1, 0.15) is 11.4 Å². The molecule has 5 nitrogen and oxygen atoms in total. The third-order valence-electron chi connectivity index (χ3n) is 6.16. The largest absolute Gasteiger partial charge is 0.487 e. The van der Waals surface area contributed by atoms with Crippen molar-refractivity contribution in [3.05, 3.63) is 52.2 Å². The van der Waals surface area contributed by atoms with Gasteiger partial charge < -0.3 is 14.5 Å². The first-order valence-corrected chi connectivity index (χ1v) is 11.1. The summed E-state index contributed by atoms with van der Waals surface area (Å²) in [5.74, 6) is 1.39. The average Bonchev–Trinajstić information content (AvgIpc) is 3.21. The van der Waals surface area contributed by atoms with Gasteiger partial charge in [0.05, 0.1) is 6.42 Å². The maximum Gasteiger partial charge on any atom is 0.227 e. The highest BCUT2D eigenvalue weighted by atomic mass is 32.1. The minimum Gasteiger partial charge on any atom is -0.487 e. The lowest BCUT2D eigenvalue weighted by Gasteiger charge is -2.47. The number of rotatable bonds is 4. The van der Waals surface area contributed by atoms with E-state index >= 15 is 0 Å². The Kier molecular flexibility index (Phi) is 5.63. The first-order valence-electron chi connectivity index (χ1n) is 10.2. The molecule has 2 aliphatic heterocycles. The number of amides is 2. The fourth-order valence-corrected chi connectivity index (χ4v) is 5.16. The maximum absolute atomic E-state index is 12.7. The zero-order valence-corrected chi connectivity index (χ0v) is 17.9. The van der Waals surface area contributed by atoms with Gasteiger partial charge in [-0.1, -0.05) is 24.3 Å². The Morgan fingerprint density at radius 2 is 1.93 bits per heavy atom. The van der Waals surface area contributed by atoms with Crippen LogP contribution in [0.5, 0.6) is 5.75 Å². The summed E-state index contributed by atoms with van der Waals surface area (Å²) in [5.41, 5.74) is 0.843. The summed E-state index contributed by atoms with van der Waals surface area (Å²) in [6.45, 7) is 1.42. The first kappa shape index (κ1) is 20.0. The molecule has 29 heavy (non-hydrogen) atoms. The predicted molar refractivity (Wildman–Crippen MR) is 114 cm³/mol. The molecule has 0 bridgehead atoms. The Hall–Kier alpha value is -2.34. The third-order valence-corrected chi connectivity index (χ3v) is 7.03. The van der Waals surface area contributed by atoms with E-state index in [1.54, 1.807) is 30.3 Å². The highest BCUT2D eigenvalue weighted by Crippen LogP contribution is 2.46. The van der Waals surface area contributed by atoms with Crippen molar-refractivity contribution >= 4 is 23.2 Å². The van der Waals surface area contributed by atoms with E-state index in [2.05, 4.69) is 6.07 Å². The molecule has 3 heterocycles. The van der Waals surface area contributed by atoms with Crippen molar-refractivity contribution in [1.82, 2.24) is 9.80 Å². The number of para-hydroxylation sites is 1. The molecule has 1 aromatic heterocycles. The van der Waals surface area contributed by atoms with Crippen molar-refractivity contribution in [2.24, 2.45) is 0 Å². The number of benzene rings is 1. The van der Waals surface area contributed by atoms with Crippen molar-refractivity contribution in [1.29, 1.82) is 0 Å². The van der Waals surface area contributed by atoms with E-state index in [0.29, 0.717) is 25.9 Å². The van der Waals surface area contributed by atoms with Gasteiger partial charge in [-0.3, -0.25) is 9.59 Å². The molecule has 0 unspecified atom stereocenters. The minimum atomic E-state index is -0.286. The topological polar surface area (TPSA) is 49.9 Å². The number of piperidine rings is 1. The van der Waals surface area contributed by atoms with Crippen LogP contribution < -0.4 is 4.74 Å². The molecule has 2 aromatic rings. The number of thiophene rings is 1. The fraction of sp³-hybridized carbons (Fsp3) is 0.478. The van der Waals surface area contributed by atoms with Gasteiger partial charge in [0, 0.05) is 57.2 Å². The molecular weight excluding hydrogens is 384 g/mol. The van der Waals surface area contributed by atoms with E-state index in [9.17, 15) is 9.59 Å². The van der Waals surface area contributed by atoms with Crippen LogP contribution >= 0.6 is 11.3 Å². The molecule has 1 fully saturated rings. The van der Waals surface area contributed by atoms with Crippen LogP contribution in [0.4, 0.5) is 0 Å². The Bertz CT molecular complexity index is 870. The van der Waals surface area contributed by atoms with Crippen molar-refractivity contribution in [2.45, 2.75) is 43.6 Å². The normalized spacial score (nSPS) is 20.1. The number of ether oxygens (including phenoxy) is 1. The van der Waals surface area contributed by atoms with Crippen molar-refractivity contribution in [3.8, 4) is 5.75 Å². The van der Waals surface area contributed by atoms with Crippen LogP contribution in [0.2, 0.25) is 0 Å². The number of fused-ring (bicyclic) bond motifs is 1. The highest BCUT2D eigenvalue weighted by Gasteiger charge is 2.44. The molecule has 0 saturated carbocycles. The summed E-state index contributed by atoms with van der Waals surface area (Å²) in [7, 11) is 3.61. The summed E-state index contributed by atoms with van der Waals surface area (Å²) >= 11 is 1.63. The van der Waals surface area contributed by atoms with Gasteiger partial charge >= 0.3 is 0 Å². The Morgan fingerprint density at radius 3 is 2.62 bits per heavy atom. The van der Waals surface area contributed by atoms with Gasteiger partial charge in [-0.15, -0.1) is 11.3 Å². The summed E-state index contributed by atoms with van der Waals surface area (Å²) in [6, 6.07) is 12.1. The lowest BCUT2D eigenvalue weighted by molar-refractivity contribution is -0.134. The SMILES string of the molecule is CN(C)C(=O)C[C@@H]1CC2(CCN(C(=O)Cc3cccs3)CC2)Oc2ccccc21. The number of nitrogens with zero attached hydrogens (tertiary/aromatic N) is 2. The van der Waals surface area contributed by atoms with Crippen molar-refractivity contribution < 1.29 is 14.3 Å². The number of carbonyl (C=O) groups is 2. The minimum absolute atomic E-state index is 0.144. The maximum atomic E-state index is 12.7. The zero-order valence-electron chi connectivity index (χ0n) is 17.1. The van der Waals surface area contributed by atoms with Crippen LogP contribution in [0.15, 0.2) is 41.8 Å². The molecule has 2 aliphatic rings. The second-order valence-corrected chi connectivity index (χ2v) is 9.39. The molecule has 2 amide bonds. The monoisotopic (exact) mass is 412 g/mol. The van der Waals surface area contributed by atoms with E-state index in [4.69, 9.17) is 4.74 Å². The summed E-state index contributed by atoms with van der Waals surface area (Å²) in [4.78, 5) is 29.8. The number of likely N-dealkylation sites (tertiary alicyclic amines) is 1. The summed E-state index contributed by atoms with van der Waals surface area (Å²) < 4.78 is 6.51. The molecule has 0 aliphatic carbocycles. The van der Waals surface area contributed by atoms with Gasteiger partial charge in [-0.25, -0.2) is 0 Å². The van der Waals surface area contributed by atoms with E-state index in [0.717, 1.165) is 35.5 Å². The number of carbonyl (C=O) groups excluding carboxylic acids is 2. The second kappa shape index (κ2) is 8.19. The molecule has 0 N–H and O–H groups in total. The predicted octanol–water partition coefficient (Wildman–Crippen LogP) is 3.70. The van der Waals surface area contributed by atoms with Gasteiger partial charge in [-0.2, -0.15) is 0 Å². The second-order valence-electron chi connectivity index (χ2n) is 8.35. The number of hydrogen-bond donors (Lipinski definition) is 0. The zero-order chi connectivity index (χ0) is 20.4. The third kappa shape index (κ3) is 4.32. The molecule has 6 heteroatoms. The van der Waals surface area contributed by atoms with E-state index < -0.39 is 0 Å². The smallest absolute Gasteiger partial charge is 0.227 e. The van der Waals surface area contributed by atoms with Crippen molar-refractivity contribution in [3.63, 3.8) is 0 Å². The molecule has 1 atom stereocenters. The molecule has 1 aromatic carbocycles. The quantitative estimate of drug-likeness (QED) is 0.769. The van der Waals surface area contributed by atoms with Gasteiger partial charge in [-0.05, 0) is 29.5 Å². The van der Waals surface area contributed by atoms with Gasteiger partial charge in [0.2, 0.25) is 11.8 Å². The highest BCUT2D eigenvalue weighted by molar-refractivity contribution is 7.10. The van der Waals surface area contributed by atoms with Crippen LogP contribution in [0.1, 0.15) is 42.0 Å². The van der Waals surface area contributed by atoms with E-state index in [-0.39, 0.29) is 23.3 Å². The van der Waals surface area contributed by atoms with E-state index in [1.165, 1.54) is 0 Å². The summed E-state index contributed by atoms with van der Waals surface area (Å²) in [6.07, 6.45) is 3.43. The standard InChI is InChI=1S/C23H28N2O3S/c1-24(2)21(26)14-17-16-23(28-20-8-4-3-7-19(17)20)9-11-25(12-10-23)22(27)15-18-6-5-13-29-18/h3-8,13,17H,9-12,14-16H2,1-2H3/t17-/m1/s1. The van der Waals surface area contributed by atoms with Crippen LogP contribution in [0.3, 0.4) is 0 Å². The molecule has 4 rings (SSSR count). The summed E-state index contributed by atoms with van der Waals surface area (Å²) in [5, 5.41) is 2.01. The van der Waals surface area contributed by atoms with Crippen LogP contribution in [-0.4, -0.2) is 54.4 Å². The Morgan fingerprint density at radius 1 is 1.17 bits per heavy atom. The van der Waals surface area contributed by atoms with Crippen LogP contribution in [0, 0.1) is 0 Å². The molecule has 1 spiro atoms. The lowest BCUT2D eigenvalue weighted by atomic mass is 9.76. The number of hydrogen-bond acceptors (Lipinski definition) is 4. The first-order chi connectivity index (χ1) is 14.0.